The monoisotopic (exact) mass is 367 g/mol. The molecule has 0 amide bonds. The van der Waals surface area contributed by atoms with Crippen molar-refractivity contribution in [2.45, 2.75) is 40.0 Å². The SMILES string of the molecule is COc1ccc(C)cc1N(N)/C(C)=C(\N)C(=O)c1ccc(C(C)(C)C)cc1. The second kappa shape index (κ2) is 7.84. The number of nitrogens with two attached hydrogens (primary N) is 2. The van der Waals surface area contributed by atoms with Crippen LogP contribution in [0.25, 0.3) is 0 Å². The molecule has 2 rings (SSSR count). The first kappa shape index (κ1) is 20.5. The van der Waals surface area contributed by atoms with Gasteiger partial charge in [-0.15, -0.1) is 0 Å². The van der Waals surface area contributed by atoms with Gasteiger partial charge >= 0.3 is 0 Å². The molecule has 0 spiro atoms. The zero-order valence-corrected chi connectivity index (χ0v) is 17.0. The highest BCUT2D eigenvalue weighted by Crippen LogP contribution is 2.30. The molecule has 0 fully saturated rings. The van der Waals surface area contributed by atoms with E-state index >= 15 is 0 Å². The molecule has 0 saturated carbocycles. The number of benzene rings is 2. The van der Waals surface area contributed by atoms with Crippen LogP contribution in [-0.4, -0.2) is 12.9 Å². The molecular weight excluding hydrogens is 338 g/mol. The van der Waals surface area contributed by atoms with Crippen LogP contribution in [0.3, 0.4) is 0 Å². The van der Waals surface area contributed by atoms with Crippen LogP contribution in [0.1, 0.15) is 49.2 Å². The molecular formula is C22H29N3O2. The molecule has 2 aromatic carbocycles. The van der Waals surface area contributed by atoms with Crippen LogP contribution < -0.4 is 21.3 Å². The Morgan fingerprint density at radius 1 is 1.07 bits per heavy atom. The average Bonchev–Trinajstić information content (AvgIpc) is 2.65. The minimum Gasteiger partial charge on any atom is -0.495 e. The molecule has 5 nitrogen and oxygen atoms in total. The summed E-state index contributed by atoms with van der Waals surface area (Å²) in [6, 6.07) is 13.2. The lowest BCUT2D eigenvalue weighted by atomic mass is 9.86. The highest BCUT2D eigenvalue weighted by atomic mass is 16.5. The molecule has 27 heavy (non-hydrogen) atoms. The topological polar surface area (TPSA) is 81.6 Å². The smallest absolute Gasteiger partial charge is 0.210 e. The van der Waals surface area contributed by atoms with Crippen molar-refractivity contribution in [2.24, 2.45) is 11.6 Å². The van der Waals surface area contributed by atoms with Crippen LogP contribution in [0.4, 0.5) is 5.69 Å². The van der Waals surface area contributed by atoms with E-state index in [1.807, 2.05) is 37.3 Å². The fourth-order valence-electron chi connectivity index (χ4n) is 2.74. The number of rotatable bonds is 5. The van der Waals surface area contributed by atoms with Gasteiger partial charge in [-0.1, -0.05) is 51.1 Å². The number of allylic oxidation sites excluding steroid dienone is 2. The number of ether oxygens (including phenoxy) is 1. The maximum atomic E-state index is 12.8. The number of carbonyl (C=O) groups is 1. The maximum Gasteiger partial charge on any atom is 0.210 e. The van der Waals surface area contributed by atoms with Crippen LogP contribution in [0, 0.1) is 6.92 Å². The zero-order chi connectivity index (χ0) is 20.4. The van der Waals surface area contributed by atoms with Crippen LogP contribution in [0.5, 0.6) is 5.75 Å². The van der Waals surface area contributed by atoms with Crippen molar-refractivity contribution in [3.8, 4) is 5.75 Å². The third-order valence-electron chi connectivity index (χ3n) is 4.60. The number of hydrazine groups is 1. The number of anilines is 1. The lowest BCUT2D eigenvalue weighted by Crippen LogP contribution is -2.33. The second-order valence-corrected chi connectivity index (χ2v) is 7.70. The third kappa shape index (κ3) is 4.49. The minimum absolute atomic E-state index is 0.0225. The Hall–Kier alpha value is -2.79. The fraction of sp³-hybridized carbons (Fsp3) is 0.318. The number of hydrogen-bond donors (Lipinski definition) is 2. The molecule has 0 aromatic heterocycles. The summed E-state index contributed by atoms with van der Waals surface area (Å²) in [7, 11) is 1.58. The van der Waals surface area contributed by atoms with E-state index in [0.717, 1.165) is 11.1 Å². The van der Waals surface area contributed by atoms with Gasteiger partial charge in [-0.25, -0.2) is 5.84 Å². The summed E-state index contributed by atoms with van der Waals surface area (Å²) >= 11 is 0. The number of hydrogen-bond acceptors (Lipinski definition) is 5. The number of carbonyl (C=O) groups excluding carboxylic acids is 1. The van der Waals surface area contributed by atoms with Gasteiger partial charge in [0.25, 0.3) is 0 Å². The summed E-state index contributed by atoms with van der Waals surface area (Å²) in [5, 5.41) is 1.39. The number of Topliss-reactive ketones (excluding diaryl/α,β-unsaturated/α-hetero) is 1. The second-order valence-electron chi connectivity index (χ2n) is 7.70. The first-order valence-electron chi connectivity index (χ1n) is 8.87. The summed E-state index contributed by atoms with van der Waals surface area (Å²) in [5.41, 5.74) is 10.1. The molecule has 5 heteroatoms. The number of ketones is 1. The summed E-state index contributed by atoms with van der Waals surface area (Å²) in [4.78, 5) is 12.8. The first-order chi connectivity index (χ1) is 12.6. The molecule has 0 bridgehead atoms. The Morgan fingerprint density at radius 3 is 2.19 bits per heavy atom. The molecule has 0 atom stereocenters. The zero-order valence-electron chi connectivity index (χ0n) is 17.0. The summed E-state index contributed by atoms with van der Waals surface area (Å²) in [6.45, 7) is 10.1. The molecule has 2 aromatic rings. The van der Waals surface area contributed by atoms with Gasteiger partial charge < -0.3 is 10.5 Å². The van der Waals surface area contributed by atoms with Gasteiger partial charge in [-0.2, -0.15) is 0 Å². The van der Waals surface area contributed by atoms with Crippen molar-refractivity contribution >= 4 is 11.5 Å². The molecule has 0 aliphatic heterocycles. The summed E-state index contributed by atoms with van der Waals surface area (Å²) in [5.74, 6) is 6.60. The minimum atomic E-state index is -0.255. The predicted octanol–water partition coefficient (Wildman–Crippen LogP) is 4.05. The van der Waals surface area contributed by atoms with Gasteiger partial charge in [0.1, 0.15) is 11.4 Å². The summed E-state index contributed by atoms with van der Waals surface area (Å²) in [6.07, 6.45) is 0. The van der Waals surface area contributed by atoms with Crippen molar-refractivity contribution in [3.63, 3.8) is 0 Å². The number of nitrogens with zero attached hydrogens (tertiary/aromatic N) is 1. The Balaban J connectivity index is 2.36. The molecule has 0 saturated heterocycles. The molecule has 0 unspecified atom stereocenters. The third-order valence-corrected chi connectivity index (χ3v) is 4.60. The lowest BCUT2D eigenvalue weighted by Gasteiger charge is -2.23. The van der Waals surface area contributed by atoms with Gasteiger partial charge in [0.15, 0.2) is 0 Å². The van der Waals surface area contributed by atoms with E-state index in [0.29, 0.717) is 22.7 Å². The van der Waals surface area contributed by atoms with Crippen LogP contribution >= 0.6 is 0 Å². The molecule has 144 valence electrons. The van der Waals surface area contributed by atoms with Crippen molar-refractivity contribution in [1.82, 2.24) is 0 Å². The molecule has 0 aliphatic carbocycles. The number of methoxy groups -OCH3 is 1. The van der Waals surface area contributed by atoms with Gasteiger partial charge in [0.05, 0.1) is 18.5 Å². The van der Waals surface area contributed by atoms with Crippen molar-refractivity contribution in [2.75, 3.05) is 12.1 Å². The van der Waals surface area contributed by atoms with E-state index in [-0.39, 0.29) is 16.9 Å². The van der Waals surface area contributed by atoms with Crippen LogP contribution in [-0.2, 0) is 5.41 Å². The van der Waals surface area contributed by atoms with Crippen molar-refractivity contribution < 1.29 is 9.53 Å². The van der Waals surface area contributed by atoms with Gasteiger partial charge in [-0.05, 0) is 42.5 Å². The van der Waals surface area contributed by atoms with Gasteiger partial charge in [0.2, 0.25) is 5.78 Å². The predicted molar refractivity (Wildman–Crippen MR) is 111 cm³/mol. The molecule has 0 heterocycles. The Kier molecular flexibility index (Phi) is 5.96. The quantitative estimate of drug-likeness (QED) is 0.360. The van der Waals surface area contributed by atoms with E-state index in [4.69, 9.17) is 16.3 Å². The Morgan fingerprint density at radius 2 is 1.67 bits per heavy atom. The van der Waals surface area contributed by atoms with E-state index in [2.05, 4.69) is 20.8 Å². The normalized spacial score (nSPS) is 12.4. The van der Waals surface area contributed by atoms with E-state index < -0.39 is 0 Å². The maximum absolute atomic E-state index is 12.8. The van der Waals surface area contributed by atoms with Crippen molar-refractivity contribution in [1.29, 1.82) is 0 Å². The Bertz CT molecular complexity index is 862. The average molecular weight is 367 g/mol. The largest absolute Gasteiger partial charge is 0.495 e. The molecule has 4 N–H and O–H groups in total. The standard InChI is InChI=1S/C22H29N3O2/c1-14-7-12-19(27-6)18(13-14)25(24)15(2)20(23)21(26)16-8-10-17(11-9-16)22(3,4)5/h7-13H,23-24H2,1-6H3/b20-15-. The van der Waals surface area contributed by atoms with Crippen molar-refractivity contribution in [3.05, 3.63) is 70.5 Å². The highest BCUT2D eigenvalue weighted by molar-refractivity contribution is 6.08. The van der Waals surface area contributed by atoms with E-state index in [9.17, 15) is 4.79 Å². The Labute approximate surface area is 161 Å². The van der Waals surface area contributed by atoms with Crippen LogP contribution in [0.15, 0.2) is 53.9 Å². The molecule has 0 radical (unpaired) electrons. The lowest BCUT2D eigenvalue weighted by molar-refractivity contribution is 0.103. The fourth-order valence-corrected chi connectivity index (χ4v) is 2.74. The number of aryl methyl sites for hydroxylation is 1. The van der Waals surface area contributed by atoms with Gasteiger partial charge in [-0.3, -0.25) is 9.80 Å². The van der Waals surface area contributed by atoms with Crippen LogP contribution in [0.2, 0.25) is 0 Å². The molecule has 0 aliphatic rings. The van der Waals surface area contributed by atoms with E-state index in [1.54, 1.807) is 26.2 Å². The first-order valence-corrected chi connectivity index (χ1v) is 8.87. The summed E-state index contributed by atoms with van der Waals surface area (Å²) < 4.78 is 5.37. The highest BCUT2D eigenvalue weighted by Gasteiger charge is 2.19. The van der Waals surface area contributed by atoms with Gasteiger partial charge in [0, 0.05) is 5.56 Å². The van der Waals surface area contributed by atoms with E-state index in [1.165, 1.54) is 5.01 Å².